The maximum absolute atomic E-state index is 13.8. The first-order chi connectivity index (χ1) is 9.70. The van der Waals surface area contributed by atoms with Crippen LogP contribution in [0.4, 0.5) is 10.1 Å². The number of nitrogens with one attached hydrogen (secondary N) is 1. The van der Waals surface area contributed by atoms with Gasteiger partial charge in [-0.05, 0) is 42.9 Å². The van der Waals surface area contributed by atoms with Crippen LogP contribution in [0.3, 0.4) is 0 Å². The SMILES string of the molecule is NCC#Cc1ccc(NC(=O)C2C3CCCC32)cc1F. The van der Waals surface area contributed by atoms with Gasteiger partial charge in [-0.3, -0.25) is 4.79 Å². The molecule has 0 aliphatic heterocycles. The minimum absolute atomic E-state index is 0.0277. The van der Waals surface area contributed by atoms with Crippen LogP contribution in [0, 0.1) is 35.4 Å². The van der Waals surface area contributed by atoms with E-state index in [4.69, 9.17) is 5.73 Å². The van der Waals surface area contributed by atoms with Crippen LogP contribution in [-0.2, 0) is 4.79 Å². The summed E-state index contributed by atoms with van der Waals surface area (Å²) in [5.74, 6) is 6.14. The Bertz CT molecular complexity index is 592. The quantitative estimate of drug-likeness (QED) is 0.810. The highest BCUT2D eigenvalue weighted by molar-refractivity contribution is 5.95. The lowest BCUT2D eigenvalue weighted by atomic mass is 10.1. The second-order valence-electron chi connectivity index (χ2n) is 5.47. The van der Waals surface area contributed by atoms with Gasteiger partial charge in [-0.25, -0.2) is 4.39 Å². The van der Waals surface area contributed by atoms with E-state index in [9.17, 15) is 9.18 Å². The van der Waals surface area contributed by atoms with Crippen LogP contribution in [0.2, 0.25) is 0 Å². The van der Waals surface area contributed by atoms with Gasteiger partial charge in [-0.2, -0.15) is 0 Å². The molecule has 0 saturated heterocycles. The van der Waals surface area contributed by atoms with E-state index in [-0.39, 0.29) is 18.4 Å². The van der Waals surface area contributed by atoms with E-state index in [0.717, 1.165) is 12.8 Å². The van der Waals surface area contributed by atoms with Gasteiger partial charge >= 0.3 is 0 Å². The summed E-state index contributed by atoms with van der Waals surface area (Å²) in [4.78, 5) is 12.1. The van der Waals surface area contributed by atoms with E-state index in [1.807, 2.05) is 0 Å². The Morgan fingerprint density at radius 2 is 2.15 bits per heavy atom. The van der Waals surface area contributed by atoms with Crippen LogP contribution in [0.1, 0.15) is 24.8 Å². The summed E-state index contributed by atoms with van der Waals surface area (Å²) in [6.45, 7) is 0.197. The highest BCUT2D eigenvalue weighted by atomic mass is 19.1. The zero-order chi connectivity index (χ0) is 14.1. The molecule has 1 amide bonds. The van der Waals surface area contributed by atoms with Crippen molar-refractivity contribution in [1.82, 2.24) is 0 Å². The maximum Gasteiger partial charge on any atom is 0.228 e. The average molecular weight is 272 g/mol. The third-order valence-electron chi connectivity index (χ3n) is 4.27. The molecule has 3 N–H and O–H groups in total. The van der Waals surface area contributed by atoms with Crippen molar-refractivity contribution >= 4 is 11.6 Å². The van der Waals surface area contributed by atoms with Crippen molar-refractivity contribution in [2.75, 3.05) is 11.9 Å². The van der Waals surface area contributed by atoms with E-state index in [1.54, 1.807) is 12.1 Å². The van der Waals surface area contributed by atoms with E-state index in [0.29, 0.717) is 23.1 Å². The number of rotatable bonds is 2. The molecular weight excluding hydrogens is 255 g/mol. The van der Waals surface area contributed by atoms with Crippen LogP contribution >= 0.6 is 0 Å². The standard InChI is InChI=1S/C16H17FN2O/c17-14-9-11(7-6-10(14)3-2-8-18)19-16(20)15-12-4-1-5-13(12)15/h6-7,9,12-13,15H,1,4-5,8,18H2,(H,19,20). The molecule has 4 heteroatoms. The van der Waals surface area contributed by atoms with Gasteiger partial charge in [0.25, 0.3) is 0 Å². The van der Waals surface area contributed by atoms with Gasteiger partial charge in [0.15, 0.2) is 0 Å². The number of carbonyl (C=O) groups is 1. The van der Waals surface area contributed by atoms with Crippen molar-refractivity contribution in [3.05, 3.63) is 29.6 Å². The van der Waals surface area contributed by atoms with Crippen molar-refractivity contribution < 1.29 is 9.18 Å². The molecule has 0 aromatic heterocycles. The molecule has 3 rings (SSSR count). The van der Waals surface area contributed by atoms with E-state index < -0.39 is 5.82 Å². The molecule has 2 aliphatic carbocycles. The third kappa shape index (κ3) is 2.41. The third-order valence-corrected chi connectivity index (χ3v) is 4.27. The summed E-state index contributed by atoms with van der Waals surface area (Å²) in [6.07, 6.45) is 3.55. The first-order valence-electron chi connectivity index (χ1n) is 7.00. The molecule has 104 valence electrons. The van der Waals surface area contributed by atoms with Gasteiger partial charge in [-0.15, -0.1) is 0 Å². The van der Waals surface area contributed by atoms with Crippen LogP contribution in [-0.4, -0.2) is 12.5 Å². The number of hydrogen-bond acceptors (Lipinski definition) is 2. The van der Waals surface area contributed by atoms with Crippen LogP contribution in [0.15, 0.2) is 18.2 Å². The molecule has 3 nitrogen and oxygen atoms in total. The van der Waals surface area contributed by atoms with Crippen LogP contribution < -0.4 is 11.1 Å². The van der Waals surface area contributed by atoms with Gasteiger partial charge in [-0.1, -0.05) is 18.3 Å². The molecule has 0 heterocycles. The summed E-state index contributed by atoms with van der Waals surface area (Å²) >= 11 is 0. The fourth-order valence-electron chi connectivity index (χ4n) is 3.28. The Kier molecular flexibility index (Phi) is 3.45. The van der Waals surface area contributed by atoms with Crippen molar-refractivity contribution in [3.8, 4) is 11.8 Å². The van der Waals surface area contributed by atoms with Gasteiger partial charge < -0.3 is 11.1 Å². The van der Waals surface area contributed by atoms with Gasteiger partial charge in [0.2, 0.25) is 5.91 Å². The molecule has 2 unspecified atom stereocenters. The largest absolute Gasteiger partial charge is 0.326 e. The fourth-order valence-corrected chi connectivity index (χ4v) is 3.28. The first kappa shape index (κ1) is 13.1. The van der Waals surface area contributed by atoms with Gasteiger partial charge in [0.05, 0.1) is 12.1 Å². The molecule has 1 aromatic rings. The average Bonchev–Trinajstić information content (AvgIpc) is 2.92. The normalized spacial score (nSPS) is 26.4. The first-order valence-corrected chi connectivity index (χ1v) is 7.00. The van der Waals surface area contributed by atoms with Crippen LogP contribution in [0.25, 0.3) is 0 Å². The fraction of sp³-hybridized carbons (Fsp3) is 0.438. The van der Waals surface area contributed by atoms with Crippen molar-refractivity contribution in [2.24, 2.45) is 23.5 Å². The summed E-state index contributed by atoms with van der Waals surface area (Å²) in [5, 5.41) is 2.80. The summed E-state index contributed by atoms with van der Waals surface area (Å²) in [6, 6.07) is 4.57. The monoisotopic (exact) mass is 272 g/mol. The van der Waals surface area contributed by atoms with Gasteiger partial charge in [0, 0.05) is 11.6 Å². The number of nitrogens with two attached hydrogens (primary N) is 1. The number of anilines is 1. The Morgan fingerprint density at radius 1 is 1.40 bits per heavy atom. The van der Waals surface area contributed by atoms with Crippen molar-refractivity contribution in [1.29, 1.82) is 0 Å². The van der Waals surface area contributed by atoms with E-state index >= 15 is 0 Å². The molecule has 20 heavy (non-hydrogen) atoms. The Balaban J connectivity index is 1.66. The highest BCUT2D eigenvalue weighted by Crippen LogP contribution is 2.57. The van der Waals surface area contributed by atoms with Gasteiger partial charge in [0.1, 0.15) is 5.82 Å². The molecule has 1 aromatic carbocycles. The second kappa shape index (κ2) is 5.26. The molecule has 2 saturated carbocycles. The zero-order valence-electron chi connectivity index (χ0n) is 11.2. The molecule has 0 radical (unpaired) electrons. The zero-order valence-corrected chi connectivity index (χ0v) is 11.2. The molecule has 2 atom stereocenters. The predicted octanol–water partition coefficient (Wildman–Crippen LogP) is 2.12. The number of fused-ring (bicyclic) bond motifs is 1. The van der Waals surface area contributed by atoms with E-state index in [2.05, 4.69) is 17.2 Å². The molecule has 0 bridgehead atoms. The molecular formula is C16H17FN2O. The Labute approximate surface area is 117 Å². The lowest BCUT2D eigenvalue weighted by Gasteiger charge is -2.07. The van der Waals surface area contributed by atoms with Crippen molar-refractivity contribution in [3.63, 3.8) is 0 Å². The molecule has 0 spiro atoms. The highest BCUT2D eigenvalue weighted by Gasteiger charge is 2.56. The van der Waals surface area contributed by atoms with Crippen LogP contribution in [0.5, 0.6) is 0 Å². The number of benzene rings is 1. The number of amides is 1. The maximum atomic E-state index is 13.8. The summed E-state index contributed by atoms with van der Waals surface area (Å²) in [5.41, 5.74) is 6.05. The number of carbonyl (C=O) groups excluding carboxylic acids is 1. The lowest BCUT2D eigenvalue weighted by Crippen LogP contribution is -2.16. The minimum Gasteiger partial charge on any atom is -0.326 e. The minimum atomic E-state index is -0.431. The molecule has 2 fully saturated rings. The summed E-state index contributed by atoms with van der Waals surface area (Å²) in [7, 11) is 0. The predicted molar refractivity (Wildman–Crippen MR) is 75.3 cm³/mol. The Hall–Kier alpha value is -1.86. The lowest BCUT2D eigenvalue weighted by molar-refractivity contribution is -0.118. The van der Waals surface area contributed by atoms with E-state index in [1.165, 1.54) is 12.5 Å². The topological polar surface area (TPSA) is 55.1 Å². The molecule has 2 aliphatic rings. The van der Waals surface area contributed by atoms with Crippen molar-refractivity contribution in [2.45, 2.75) is 19.3 Å². The smallest absolute Gasteiger partial charge is 0.228 e. The second-order valence-corrected chi connectivity index (χ2v) is 5.47. The number of hydrogen-bond donors (Lipinski definition) is 2. The summed E-state index contributed by atoms with van der Waals surface area (Å²) < 4.78 is 13.8. The Morgan fingerprint density at radius 3 is 2.80 bits per heavy atom. The number of halogens is 1.